The molecule has 0 aliphatic heterocycles. The Morgan fingerprint density at radius 3 is 2.93 bits per heavy atom. The normalized spacial score (nSPS) is 10.8. The maximum Gasteiger partial charge on any atom is 0.151 e. The lowest BCUT2D eigenvalue weighted by Gasteiger charge is -2.01. The number of rotatable bonds is 3. The van der Waals surface area contributed by atoms with Crippen LogP contribution >= 0.6 is 15.9 Å². The van der Waals surface area contributed by atoms with Gasteiger partial charge in [0.05, 0.1) is 0 Å². The van der Waals surface area contributed by atoms with Gasteiger partial charge in [-0.3, -0.25) is 0 Å². The van der Waals surface area contributed by atoms with Crippen molar-refractivity contribution in [2.45, 2.75) is 12.8 Å². The van der Waals surface area contributed by atoms with Crippen molar-refractivity contribution in [1.29, 1.82) is 0 Å². The quantitative estimate of drug-likeness (QED) is 0.918. The van der Waals surface area contributed by atoms with E-state index in [-0.39, 0.29) is 0 Å². The lowest BCUT2D eigenvalue weighted by Crippen LogP contribution is -2.04. The molecule has 1 aromatic heterocycles. The van der Waals surface area contributed by atoms with Crippen molar-refractivity contribution in [3.63, 3.8) is 0 Å². The predicted molar refractivity (Wildman–Crippen MR) is 62.4 cm³/mol. The van der Waals surface area contributed by atoms with Gasteiger partial charge in [-0.05, 0) is 41.0 Å². The van der Waals surface area contributed by atoms with Crippen LogP contribution < -0.4 is 5.73 Å². The fourth-order valence-corrected chi connectivity index (χ4v) is 1.77. The monoisotopic (exact) mass is 266 g/mol. The highest BCUT2D eigenvalue weighted by atomic mass is 79.9. The van der Waals surface area contributed by atoms with Crippen LogP contribution in [0.2, 0.25) is 0 Å². The molecule has 15 heavy (non-hydrogen) atoms. The van der Waals surface area contributed by atoms with E-state index in [1.165, 1.54) is 0 Å². The van der Waals surface area contributed by atoms with E-state index in [1.54, 1.807) is 0 Å². The number of nitrogens with two attached hydrogens (primary N) is 1. The van der Waals surface area contributed by atoms with Crippen LogP contribution in [0.25, 0.3) is 11.0 Å². The van der Waals surface area contributed by atoms with Crippen molar-refractivity contribution in [3.8, 4) is 0 Å². The van der Waals surface area contributed by atoms with Crippen molar-refractivity contribution in [2.24, 2.45) is 5.73 Å². The average molecular weight is 267 g/mol. The van der Waals surface area contributed by atoms with Crippen LogP contribution in [-0.2, 0) is 6.42 Å². The Kier molecular flexibility index (Phi) is 3.23. The first-order valence-electron chi connectivity index (χ1n) is 4.79. The van der Waals surface area contributed by atoms with E-state index in [0.717, 1.165) is 34.2 Å². The molecular formula is C10H11BrN4. The van der Waals surface area contributed by atoms with Crippen LogP contribution in [0.5, 0.6) is 0 Å². The summed E-state index contributed by atoms with van der Waals surface area (Å²) in [4.78, 5) is 4.44. The molecule has 0 saturated heterocycles. The first kappa shape index (κ1) is 10.4. The summed E-state index contributed by atoms with van der Waals surface area (Å²) in [6.07, 6.45) is 1.67. The van der Waals surface area contributed by atoms with Gasteiger partial charge in [0.2, 0.25) is 0 Å². The van der Waals surface area contributed by atoms with E-state index in [4.69, 9.17) is 5.73 Å². The summed E-state index contributed by atoms with van der Waals surface area (Å²) in [6.45, 7) is 0.650. The van der Waals surface area contributed by atoms with Gasteiger partial charge in [0.25, 0.3) is 0 Å². The highest BCUT2D eigenvalue weighted by Gasteiger charge is 2.03. The Morgan fingerprint density at radius 2 is 2.13 bits per heavy atom. The van der Waals surface area contributed by atoms with Crippen molar-refractivity contribution in [2.75, 3.05) is 6.54 Å². The summed E-state index contributed by atoms with van der Waals surface area (Å²) in [6, 6.07) is 5.76. The molecule has 0 unspecified atom stereocenters. The van der Waals surface area contributed by atoms with Crippen LogP contribution in [0, 0.1) is 0 Å². The zero-order valence-corrected chi connectivity index (χ0v) is 9.74. The summed E-state index contributed by atoms with van der Waals surface area (Å²) in [5.41, 5.74) is 7.10. The molecule has 5 heteroatoms. The molecule has 0 atom stereocenters. The predicted octanol–water partition coefficient (Wildman–Crippen LogP) is 1.68. The number of aromatic nitrogens is 3. The third-order valence-electron chi connectivity index (χ3n) is 2.08. The van der Waals surface area contributed by atoms with Crippen molar-refractivity contribution >= 4 is 27.0 Å². The Morgan fingerprint density at radius 1 is 1.27 bits per heavy atom. The van der Waals surface area contributed by atoms with E-state index < -0.39 is 0 Å². The number of halogens is 1. The number of benzene rings is 1. The highest BCUT2D eigenvalue weighted by molar-refractivity contribution is 9.10. The summed E-state index contributed by atoms with van der Waals surface area (Å²) in [7, 11) is 0. The minimum atomic E-state index is 0.650. The van der Waals surface area contributed by atoms with Gasteiger partial charge < -0.3 is 5.73 Å². The first-order valence-corrected chi connectivity index (χ1v) is 5.58. The van der Waals surface area contributed by atoms with Crippen LogP contribution in [0.1, 0.15) is 12.2 Å². The second-order valence-electron chi connectivity index (χ2n) is 3.23. The lowest BCUT2D eigenvalue weighted by atomic mass is 10.3. The van der Waals surface area contributed by atoms with Gasteiger partial charge in [0.1, 0.15) is 11.0 Å². The minimum Gasteiger partial charge on any atom is -0.330 e. The molecule has 0 bridgehead atoms. The minimum absolute atomic E-state index is 0.650. The van der Waals surface area contributed by atoms with Gasteiger partial charge in [-0.1, -0.05) is 6.07 Å². The van der Waals surface area contributed by atoms with Gasteiger partial charge >= 0.3 is 0 Å². The molecule has 0 spiro atoms. The highest BCUT2D eigenvalue weighted by Crippen LogP contribution is 2.19. The molecule has 0 amide bonds. The Balaban J connectivity index is 2.41. The van der Waals surface area contributed by atoms with Gasteiger partial charge in [-0.25, -0.2) is 4.98 Å². The maximum atomic E-state index is 5.43. The molecule has 0 saturated carbocycles. The third-order valence-corrected chi connectivity index (χ3v) is 2.72. The van der Waals surface area contributed by atoms with Crippen LogP contribution in [0.15, 0.2) is 22.7 Å². The Bertz CT molecular complexity index is 472. The van der Waals surface area contributed by atoms with Gasteiger partial charge in [-0.2, -0.15) is 0 Å². The molecule has 0 aliphatic rings. The van der Waals surface area contributed by atoms with E-state index in [0.29, 0.717) is 6.54 Å². The number of nitrogens with zero attached hydrogens (tertiary/aromatic N) is 3. The topological polar surface area (TPSA) is 64.7 Å². The van der Waals surface area contributed by atoms with Crippen molar-refractivity contribution in [3.05, 3.63) is 28.5 Å². The Labute approximate surface area is 96.0 Å². The molecule has 2 rings (SSSR count). The van der Waals surface area contributed by atoms with E-state index in [9.17, 15) is 0 Å². The molecule has 1 aromatic carbocycles. The number of aryl methyl sites for hydroxylation is 1. The number of para-hydroxylation sites is 1. The van der Waals surface area contributed by atoms with E-state index >= 15 is 0 Å². The number of hydrogen-bond acceptors (Lipinski definition) is 4. The largest absolute Gasteiger partial charge is 0.330 e. The lowest BCUT2D eigenvalue weighted by molar-refractivity contribution is 0.763. The summed E-state index contributed by atoms with van der Waals surface area (Å²) in [5, 5.41) is 8.16. The fourth-order valence-electron chi connectivity index (χ4n) is 1.32. The van der Waals surface area contributed by atoms with Gasteiger partial charge in [0, 0.05) is 10.9 Å². The molecule has 2 aromatic rings. The molecule has 0 aliphatic carbocycles. The van der Waals surface area contributed by atoms with Crippen molar-refractivity contribution in [1.82, 2.24) is 15.2 Å². The molecule has 0 radical (unpaired) electrons. The molecule has 0 fully saturated rings. The van der Waals surface area contributed by atoms with Gasteiger partial charge in [-0.15, -0.1) is 10.2 Å². The molecule has 2 N–H and O–H groups in total. The number of fused-ring (bicyclic) bond motifs is 1. The third kappa shape index (κ3) is 2.30. The average Bonchev–Trinajstić information content (AvgIpc) is 2.27. The second kappa shape index (κ2) is 4.63. The van der Waals surface area contributed by atoms with Crippen LogP contribution in [0.3, 0.4) is 0 Å². The van der Waals surface area contributed by atoms with Crippen molar-refractivity contribution < 1.29 is 0 Å². The molecule has 1 heterocycles. The van der Waals surface area contributed by atoms with Gasteiger partial charge in [0.15, 0.2) is 5.82 Å². The molecular weight excluding hydrogens is 256 g/mol. The fraction of sp³-hybridized carbons (Fsp3) is 0.300. The Hall–Kier alpha value is -1.07. The van der Waals surface area contributed by atoms with Crippen LogP contribution in [-0.4, -0.2) is 21.7 Å². The SMILES string of the molecule is NCCCc1nnc2cccc(Br)c2n1. The summed E-state index contributed by atoms with van der Waals surface area (Å²) >= 11 is 3.44. The zero-order valence-electron chi connectivity index (χ0n) is 8.15. The van der Waals surface area contributed by atoms with E-state index in [1.807, 2.05) is 18.2 Å². The zero-order chi connectivity index (χ0) is 10.7. The smallest absolute Gasteiger partial charge is 0.151 e. The van der Waals surface area contributed by atoms with E-state index in [2.05, 4.69) is 31.1 Å². The summed E-state index contributed by atoms with van der Waals surface area (Å²) < 4.78 is 0.948. The standard InChI is InChI=1S/C10H11BrN4/c11-7-3-1-4-8-10(7)13-9(15-14-8)5-2-6-12/h1,3-4H,2,5-6,12H2. The maximum absolute atomic E-state index is 5.43. The molecule has 78 valence electrons. The second-order valence-corrected chi connectivity index (χ2v) is 4.08. The van der Waals surface area contributed by atoms with Crippen LogP contribution in [0.4, 0.5) is 0 Å². The first-order chi connectivity index (χ1) is 7.31. The summed E-state index contributed by atoms with van der Waals surface area (Å²) in [5.74, 6) is 0.750. The number of hydrogen-bond donors (Lipinski definition) is 1. The molecule has 4 nitrogen and oxygen atoms in total.